The first-order valence-electron chi connectivity index (χ1n) is 9.27. The molecule has 1 amide bonds. The predicted octanol–water partition coefficient (Wildman–Crippen LogP) is 3.31. The van der Waals surface area contributed by atoms with Crippen molar-refractivity contribution in [3.63, 3.8) is 0 Å². The van der Waals surface area contributed by atoms with Crippen LogP contribution < -0.4 is 5.32 Å². The second-order valence-electron chi connectivity index (χ2n) is 6.72. The lowest BCUT2D eigenvalue weighted by atomic mass is 10.2. The molecule has 0 spiro atoms. The van der Waals surface area contributed by atoms with Gasteiger partial charge in [0, 0.05) is 17.8 Å². The van der Waals surface area contributed by atoms with Crippen LogP contribution in [0.1, 0.15) is 27.4 Å². The first kappa shape index (κ1) is 18.5. The van der Waals surface area contributed by atoms with Gasteiger partial charge in [0.1, 0.15) is 0 Å². The molecule has 0 saturated heterocycles. The summed E-state index contributed by atoms with van der Waals surface area (Å²) in [6.45, 7) is 4.17. The fourth-order valence-corrected chi connectivity index (χ4v) is 3.24. The van der Waals surface area contributed by atoms with Gasteiger partial charge in [-0.15, -0.1) is 0 Å². The monoisotopic (exact) mass is 387 g/mol. The Labute approximate surface area is 168 Å². The summed E-state index contributed by atoms with van der Waals surface area (Å²) in [5.41, 5.74) is 4.44. The van der Waals surface area contributed by atoms with Crippen molar-refractivity contribution in [3.8, 4) is 17.1 Å². The van der Waals surface area contributed by atoms with E-state index < -0.39 is 5.91 Å². The molecule has 0 fully saturated rings. The summed E-state index contributed by atoms with van der Waals surface area (Å²) in [5.74, 6) is -0.608. The Morgan fingerprint density at radius 1 is 0.966 bits per heavy atom. The van der Waals surface area contributed by atoms with E-state index in [4.69, 9.17) is 0 Å². The smallest absolute Gasteiger partial charge is 0.275 e. The molecule has 0 aliphatic rings. The van der Waals surface area contributed by atoms with Crippen molar-refractivity contribution in [2.45, 2.75) is 20.4 Å². The van der Waals surface area contributed by atoms with Crippen LogP contribution in [0.3, 0.4) is 0 Å². The highest BCUT2D eigenvalue weighted by Crippen LogP contribution is 2.20. The van der Waals surface area contributed by atoms with E-state index in [1.807, 2.05) is 79.2 Å². The molecule has 2 aromatic carbocycles. The van der Waals surface area contributed by atoms with E-state index in [1.165, 1.54) is 10.9 Å². The minimum Gasteiger partial charge on any atom is -0.504 e. The van der Waals surface area contributed by atoms with Crippen LogP contribution >= 0.6 is 0 Å². The van der Waals surface area contributed by atoms with Crippen LogP contribution in [-0.4, -0.2) is 30.6 Å². The molecule has 4 rings (SSSR count). The molecule has 7 heteroatoms. The molecule has 4 aromatic rings. The van der Waals surface area contributed by atoms with Crippen molar-refractivity contribution in [1.82, 2.24) is 24.9 Å². The number of aryl methyl sites for hydroxylation is 1. The number of hydrogen-bond donors (Lipinski definition) is 2. The van der Waals surface area contributed by atoms with E-state index in [0.717, 1.165) is 28.3 Å². The summed E-state index contributed by atoms with van der Waals surface area (Å²) in [6, 6.07) is 19.1. The maximum atomic E-state index is 12.6. The molecule has 2 heterocycles. The molecule has 0 aliphatic carbocycles. The minimum absolute atomic E-state index is 0.0142. The molecule has 146 valence electrons. The number of carbonyl (C=O) groups excluding carboxylic acids is 1. The number of benzene rings is 2. The second kappa shape index (κ2) is 7.63. The Kier molecular flexibility index (Phi) is 4.87. The van der Waals surface area contributed by atoms with Crippen molar-refractivity contribution >= 4 is 5.91 Å². The quantitative estimate of drug-likeness (QED) is 0.550. The van der Waals surface area contributed by atoms with E-state index in [0.29, 0.717) is 6.54 Å². The van der Waals surface area contributed by atoms with Crippen LogP contribution in [0.2, 0.25) is 0 Å². The van der Waals surface area contributed by atoms with Gasteiger partial charge < -0.3 is 10.4 Å². The SMILES string of the molecule is Cc1nn(-c2ccccc2)c(C)c1CNC(=O)c1nn(-c2ccccc2)cc1O. The Bertz CT molecular complexity index is 1150. The lowest BCUT2D eigenvalue weighted by Gasteiger charge is -2.06. The van der Waals surface area contributed by atoms with Gasteiger partial charge in [-0.2, -0.15) is 10.2 Å². The summed E-state index contributed by atoms with van der Waals surface area (Å²) in [7, 11) is 0. The standard InChI is InChI=1S/C22H21N5O2/c1-15-19(16(2)27(24-15)18-11-7-4-8-12-18)13-23-22(29)21-20(28)14-26(25-21)17-9-5-3-6-10-17/h3-12,14,28H,13H2,1-2H3,(H,23,29). The summed E-state index contributed by atoms with van der Waals surface area (Å²) < 4.78 is 3.34. The molecule has 0 bridgehead atoms. The number of carbonyl (C=O) groups is 1. The molecule has 7 nitrogen and oxygen atoms in total. The highest BCUT2D eigenvalue weighted by Gasteiger charge is 2.19. The van der Waals surface area contributed by atoms with Crippen molar-refractivity contribution in [2.24, 2.45) is 0 Å². The molecular formula is C22H21N5O2. The fourth-order valence-electron chi connectivity index (χ4n) is 3.24. The summed E-state index contributed by atoms with van der Waals surface area (Å²) in [5, 5.41) is 21.8. The topological polar surface area (TPSA) is 85.0 Å². The molecule has 0 saturated carbocycles. The number of nitrogens with zero attached hydrogens (tertiary/aromatic N) is 4. The zero-order valence-corrected chi connectivity index (χ0v) is 16.2. The largest absolute Gasteiger partial charge is 0.504 e. The maximum absolute atomic E-state index is 12.6. The fraction of sp³-hybridized carbons (Fsp3) is 0.136. The molecule has 0 atom stereocenters. The Hall–Kier alpha value is -3.87. The zero-order valence-electron chi connectivity index (χ0n) is 16.2. The third kappa shape index (κ3) is 3.62. The van der Waals surface area contributed by atoms with Crippen LogP contribution in [0.5, 0.6) is 5.75 Å². The first-order valence-corrected chi connectivity index (χ1v) is 9.27. The summed E-state index contributed by atoms with van der Waals surface area (Å²) in [4.78, 5) is 12.6. The number of rotatable bonds is 5. The van der Waals surface area contributed by atoms with Gasteiger partial charge >= 0.3 is 0 Å². The van der Waals surface area contributed by atoms with Gasteiger partial charge in [-0.25, -0.2) is 9.36 Å². The molecule has 0 radical (unpaired) electrons. The average molecular weight is 387 g/mol. The van der Waals surface area contributed by atoms with Crippen molar-refractivity contribution in [2.75, 3.05) is 0 Å². The van der Waals surface area contributed by atoms with E-state index >= 15 is 0 Å². The second-order valence-corrected chi connectivity index (χ2v) is 6.72. The highest BCUT2D eigenvalue weighted by molar-refractivity contribution is 5.94. The summed E-state index contributed by atoms with van der Waals surface area (Å²) >= 11 is 0. The Morgan fingerprint density at radius 3 is 2.24 bits per heavy atom. The van der Waals surface area contributed by atoms with Crippen LogP contribution in [-0.2, 0) is 6.54 Å². The number of aromatic nitrogens is 4. The lowest BCUT2D eigenvalue weighted by Crippen LogP contribution is -2.24. The summed E-state index contributed by atoms with van der Waals surface area (Å²) in [6.07, 6.45) is 1.42. The molecule has 2 N–H and O–H groups in total. The number of amides is 1. The van der Waals surface area contributed by atoms with E-state index in [1.54, 1.807) is 0 Å². The van der Waals surface area contributed by atoms with Gasteiger partial charge in [-0.3, -0.25) is 4.79 Å². The number of para-hydroxylation sites is 2. The van der Waals surface area contributed by atoms with Crippen LogP contribution in [0.15, 0.2) is 66.9 Å². The Balaban J connectivity index is 1.52. The highest BCUT2D eigenvalue weighted by atomic mass is 16.3. The maximum Gasteiger partial charge on any atom is 0.275 e. The van der Waals surface area contributed by atoms with Crippen molar-refractivity contribution in [1.29, 1.82) is 0 Å². The normalized spacial score (nSPS) is 10.8. The van der Waals surface area contributed by atoms with Gasteiger partial charge in [0.05, 0.1) is 23.3 Å². The van der Waals surface area contributed by atoms with Gasteiger partial charge in [0.15, 0.2) is 11.4 Å². The molecule has 29 heavy (non-hydrogen) atoms. The van der Waals surface area contributed by atoms with Crippen LogP contribution in [0, 0.1) is 13.8 Å². The van der Waals surface area contributed by atoms with Crippen LogP contribution in [0.4, 0.5) is 0 Å². The predicted molar refractivity (Wildman–Crippen MR) is 109 cm³/mol. The van der Waals surface area contributed by atoms with Gasteiger partial charge in [-0.05, 0) is 38.1 Å². The molecular weight excluding hydrogens is 366 g/mol. The van der Waals surface area contributed by atoms with E-state index in [2.05, 4.69) is 15.5 Å². The molecule has 2 aromatic heterocycles. The van der Waals surface area contributed by atoms with Crippen LogP contribution in [0.25, 0.3) is 11.4 Å². The number of hydrogen-bond acceptors (Lipinski definition) is 4. The third-order valence-electron chi connectivity index (χ3n) is 4.80. The zero-order chi connectivity index (χ0) is 20.4. The first-order chi connectivity index (χ1) is 14.0. The number of aromatic hydroxyl groups is 1. The van der Waals surface area contributed by atoms with Gasteiger partial charge in [0.2, 0.25) is 0 Å². The van der Waals surface area contributed by atoms with Gasteiger partial charge in [0.25, 0.3) is 5.91 Å². The molecule has 0 aliphatic heterocycles. The van der Waals surface area contributed by atoms with E-state index in [9.17, 15) is 9.90 Å². The van der Waals surface area contributed by atoms with Gasteiger partial charge in [-0.1, -0.05) is 36.4 Å². The molecule has 0 unspecified atom stereocenters. The Morgan fingerprint density at radius 2 is 1.59 bits per heavy atom. The third-order valence-corrected chi connectivity index (χ3v) is 4.80. The van der Waals surface area contributed by atoms with Crippen molar-refractivity contribution < 1.29 is 9.90 Å². The minimum atomic E-state index is -0.441. The van der Waals surface area contributed by atoms with E-state index in [-0.39, 0.29) is 11.4 Å². The van der Waals surface area contributed by atoms with Crippen molar-refractivity contribution in [3.05, 3.63) is 89.5 Å². The lowest BCUT2D eigenvalue weighted by molar-refractivity contribution is 0.0943. The average Bonchev–Trinajstić information content (AvgIpc) is 3.27. The number of nitrogens with one attached hydrogen (secondary N) is 1.